The molecule has 6 atom stereocenters. The van der Waals surface area contributed by atoms with Crippen LogP contribution in [0.2, 0.25) is 0 Å². The predicted octanol–water partition coefficient (Wildman–Crippen LogP) is 6.03. The minimum Gasteiger partial charge on any atom is -0.404 e. The van der Waals surface area contributed by atoms with Crippen molar-refractivity contribution in [2.75, 3.05) is 6.54 Å². The van der Waals surface area contributed by atoms with E-state index in [1.165, 1.54) is 0 Å². The summed E-state index contributed by atoms with van der Waals surface area (Å²) in [6, 6.07) is 24.9. The fourth-order valence-corrected chi connectivity index (χ4v) is 8.58. The lowest BCUT2D eigenvalue weighted by Crippen LogP contribution is -2.65. The van der Waals surface area contributed by atoms with Gasteiger partial charge in [0.25, 0.3) is 11.8 Å². The van der Waals surface area contributed by atoms with Crippen LogP contribution in [0.25, 0.3) is 11.3 Å². The first-order chi connectivity index (χ1) is 23.5. The number of aromatic nitrogens is 1. The quantitative estimate of drug-likeness (QED) is 0.243. The predicted molar refractivity (Wildman–Crippen MR) is 190 cm³/mol. The molecule has 3 aliphatic carbocycles. The maximum Gasteiger partial charge on any atom is 0.481 e. The first kappa shape index (κ1) is 33.5. The van der Waals surface area contributed by atoms with Crippen molar-refractivity contribution in [2.45, 2.75) is 90.0 Å². The fraction of sp³-hybridized carbons (Fsp3) is 0.487. The van der Waals surface area contributed by atoms with Gasteiger partial charge in [0.1, 0.15) is 5.69 Å². The third kappa shape index (κ3) is 6.41. The standard InChI is InChI=1S/C39H47BN4O5/c1-25(2)19-34(40-47-33-21-28-20-32(37(28,3)4)38(33,5)48-40)43-36(46)39(22-26-13-8-6-9-14-26)23-29(44-49-39)24-41-35(45)31-18-12-17-30(42-31)27-15-10-7-11-16-27/h6-18,25,28,32-34H,19-24H2,1-5H3,(H,41,45)(H,43,46)/t28-,32-,33+,34-,38-,39?/m0/s1. The molecular weight excluding hydrogens is 615 g/mol. The van der Waals surface area contributed by atoms with Gasteiger partial charge in [-0.15, -0.1) is 0 Å². The second kappa shape index (κ2) is 13.0. The molecule has 3 heterocycles. The van der Waals surface area contributed by atoms with Crippen LogP contribution in [-0.2, 0) is 25.4 Å². The number of benzene rings is 2. The fourth-order valence-electron chi connectivity index (χ4n) is 8.58. The Kier molecular flexibility index (Phi) is 8.90. The van der Waals surface area contributed by atoms with Crippen molar-refractivity contribution < 1.29 is 23.7 Å². The molecule has 3 aromatic rings. The number of rotatable bonds is 11. The van der Waals surface area contributed by atoms with Crippen LogP contribution in [0.4, 0.5) is 0 Å². The highest BCUT2D eigenvalue weighted by Gasteiger charge is 2.68. The Balaban J connectivity index is 1.06. The SMILES string of the molecule is CC(C)C[C@H](NC(=O)C1(Cc2ccccc2)CC(CNC(=O)c2cccc(-c3ccccc3)n2)=NO1)B1O[C@@H]2C[C@@H]3C[C@@H](C3(C)C)[C@]2(C)O1. The first-order valence-electron chi connectivity index (χ1n) is 17.7. The van der Waals surface area contributed by atoms with Crippen LogP contribution in [0.5, 0.6) is 0 Å². The van der Waals surface area contributed by atoms with Gasteiger partial charge in [0, 0.05) is 18.4 Å². The zero-order valence-electron chi connectivity index (χ0n) is 29.1. The summed E-state index contributed by atoms with van der Waals surface area (Å²) >= 11 is 0. The number of carbonyl (C=O) groups is 2. The lowest BCUT2D eigenvalue weighted by atomic mass is 9.43. The summed E-state index contributed by atoms with van der Waals surface area (Å²) < 4.78 is 13.5. The van der Waals surface area contributed by atoms with E-state index in [9.17, 15) is 9.59 Å². The van der Waals surface area contributed by atoms with Gasteiger partial charge in [-0.2, -0.15) is 0 Å². The molecule has 0 spiro atoms. The highest BCUT2D eigenvalue weighted by atomic mass is 16.7. The van der Waals surface area contributed by atoms with Crippen molar-refractivity contribution in [3.8, 4) is 11.3 Å². The Morgan fingerprint density at radius 1 is 0.959 bits per heavy atom. The van der Waals surface area contributed by atoms with Gasteiger partial charge in [0.2, 0.25) is 5.60 Å². The highest BCUT2D eigenvalue weighted by Crippen LogP contribution is 2.65. The number of nitrogens with zero attached hydrogens (tertiary/aromatic N) is 2. The van der Waals surface area contributed by atoms with Gasteiger partial charge in [-0.3, -0.25) is 9.59 Å². The van der Waals surface area contributed by atoms with Crippen LogP contribution >= 0.6 is 0 Å². The topological polar surface area (TPSA) is 111 Å². The number of carbonyl (C=O) groups excluding carboxylic acids is 2. The number of hydrogen-bond acceptors (Lipinski definition) is 7. The molecule has 49 heavy (non-hydrogen) atoms. The van der Waals surface area contributed by atoms with Gasteiger partial charge >= 0.3 is 7.12 Å². The van der Waals surface area contributed by atoms with Crippen LogP contribution < -0.4 is 10.6 Å². The maximum absolute atomic E-state index is 14.4. The van der Waals surface area contributed by atoms with Gasteiger partial charge in [-0.05, 0) is 67.1 Å². The minimum atomic E-state index is -1.29. The number of amides is 2. The van der Waals surface area contributed by atoms with Gasteiger partial charge in [-0.1, -0.05) is 99.6 Å². The second-order valence-corrected chi connectivity index (χ2v) is 15.6. The van der Waals surface area contributed by atoms with E-state index < -0.39 is 12.7 Å². The average Bonchev–Trinajstić information content (AvgIpc) is 3.68. The molecule has 2 N–H and O–H groups in total. The molecule has 4 fully saturated rings. The van der Waals surface area contributed by atoms with E-state index in [4.69, 9.17) is 14.1 Å². The van der Waals surface area contributed by atoms with E-state index >= 15 is 0 Å². The zero-order valence-corrected chi connectivity index (χ0v) is 29.1. The lowest BCUT2D eigenvalue weighted by molar-refractivity contribution is -0.199. The molecule has 256 valence electrons. The van der Waals surface area contributed by atoms with Crippen LogP contribution in [0.1, 0.15) is 76.4 Å². The van der Waals surface area contributed by atoms with Crippen molar-refractivity contribution in [2.24, 2.45) is 28.3 Å². The molecule has 1 aromatic heterocycles. The van der Waals surface area contributed by atoms with Crippen molar-refractivity contribution >= 4 is 24.6 Å². The summed E-state index contributed by atoms with van der Waals surface area (Å²) in [7, 11) is -0.550. The molecule has 2 aromatic carbocycles. The number of hydrogen-bond donors (Lipinski definition) is 2. The lowest BCUT2D eigenvalue weighted by Gasteiger charge is -2.64. The Labute approximate surface area is 289 Å². The molecule has 1 unspecified atom stereocenters. The van der Waals surface area contributed by atoms with E-state index in [1.54, 1.807) is 6.07 Å². The molecule has 5 aliphatic rings. The third-order valence-electron chi connectivity index (χ3n) is 11.4. The van der Waals surface area contributed by atoms with Crippen LogP contribution in [0.15, 0.2) is 84.0 Å². The average molecular weight is 663 g/mol. The van der Waals surface area contributed by atoms with Gasteiger partial charge in [0.05, 0.1) is 35.6 Å². The molecule has 2 aliphatic heterocycles. The first-order valence-corrected chi connectivity index (χ1v) is 17.7. The van der Waals surface area contributed by atoms with Crippen LogP contribution in [-0.4, -0.2) is 59.4 Å². The van der Waals surface area contributed by atoms with Gasteiger partial charge < -0.3 is 24.8 Å². The van der Waals surface area contributed by atoms with Crippen molar-refractivity contribution in [3.05, 3.63) is 90.1 Å². The van der Waals surface area contributed by atoms with Crippen LogP contribution in [0.3, 0.4) is 0 Å². The van der Waals surface area contributed by atoms with E-state index in [0.717, 1.165) is 24.0 Å². The molecule has 2 amide bonds. The maximum atomic E-state index is 14.4. The molecule has 2 bridgehead atoms. The third-order valence-corrected chi connectivity index (χ3v) is 11.4. The summed E-state index contributed by atoms with van der Waals surface area (Å²) in [6.07, 6.45) is 3.40. The van der Waals surface area contributed by atoms with Crippen molar-refractivity contribution in [1.82, 2.24) is 15.6 Å². The molecular formula is C39H47BN4O5. The smallest absolute Gasteiger partial charge is 0.404 e. The summed E-state index contributed by atoms with van der Waals surface area (Å²) in [4.78, 5) is 38.3. The molecule has 10 heteroatoms. The number of pyridine rings is 1. The number of nitrogens with one attached hydrogen (secondary N) is 2. The molecule has 1 saturated heterocycles. The largest absolute Gasteiger partial charge is 0.481 e. The molecule has 3 saturated carbocycles. The van der Waals surface area contributed by atoms with Crippen LogP contribution in [0, 0.1) is 23.2 Å². The molecule has 9 nitrogen and oxygen atoms in total. The number of oxime groups is 1. The molecule has 8 rings (SSSR count). The molecule has 0 radical (unpaired) electrons. The van der Waals surface area contributed by atoms with Gasteiger partial charge in [-0.25, -0.2) is 4.98 Å². The van der Waals surface area contributed by atoms with E-state index in [2.05, 4.69) is 55.4 Å². The normalized spacial score (nSPS) is 28.6. The Hall–Kier alpha value is -4.02. The second-order valence-electron chi connectivity index (χ2n) is 15.6. The zero-order chi connectivity index (χ0) is 34.4. The Morgan fingerprint density at radius 3 is 2.41 bits per heavy atom. The summed E-state index contributed by atoms with van der Waals surface area (Å²) in [5.74, 6) is 0.405. The van der Waals surface area contributed by atoms with Crippen molar-refractivity contribution in [1.29, 1.82) is 0 Å². The summed E-state index contributed by atoms with van der Waals surface area (Å²) in [5, 5.41) is 10.6. The summed E-state index contributed by atoms with van der Waals surface area (Å²) in [5.41, 5.74) is 2.04. The van der Waals surface area contributed by atoms with E-state index in [-0.39, 0.29) is 47.8 Å². The van der Waals surface area contributed by atoms with Crippen molar-refractivity contribution in [3.63, 3.8) is 0 Å². The van der Waals surface area contributed by atoms with E-state index in [1.807, 2.05) is 72.8 Å². The van der Waals surface area contributed by atoms with E-state index in [0.29, 0.717) is 47.7 Å². The monoisotopic (exact) mass is 662 g/mol. The highest BCUT2D eigenvalue weighted by molar-refractivity contribution is 6.48. The minimum absolute atomic E-state index is 0.0169. The Bertz CT molecular complexity index is 1720. The summed E-state index contributed by atoms with van der Waals surface area (Å²) in [6.45, 7) is 11.3. The Morgan fingerprint density at radius 2 is 1.69 bits per heavy atom. The van der Waals surface area contributed by atoms with Gasteiger partial charge in [0.15, 0.2) is 0 Å².